The summed E-state index contributed by atoms with van der Waals surface area (Å²) in [4.78, 5) is 11.9. The number of terminal acetylenes is 1. The maximum absolute atomic E-state index is 13.7. The SMILES string of the molecule is C#Cc1cccc(NC(=O)c2ccc(C)cc2F)c1. The van der Waals surface area contributed by atoms with Crippen LogP contribution in [0, 0.1) is 25.1 Å². The number of aryl methyl sites for hydroxylation is 1. The van der Waals surface area contributed by atoms with E-state index >= 15 is 0 Å². The van der Waals surface area contributed by atoms with Gasteiger partial charge in [-0.15, -0.1) is 6.42 Å². The molecule has 0 aliphatic heterocycles. The number of rotatable bonds is 2. The van der Waals surface area contributed by atoms with E-state index in [0.29, 0.717) is 11.3 Å². The summed E-state index contributed by atoms with van der Waals surface area (Å²) in [6.45, 7) is 1.77. The predicted molar refractivity (Wildman–Crippen MR) is 73.5 cm³/mol. The molecule has 0 unspecified atom stereocenters. The van der Waals surface area contributed by atoms with Gasteiger partial charge in [-0.05, 0) is 42.8 Å². The molecule has 0 saturated heterocycles. The van der Waals surface area contributed by atoms with E-state index in [1.807, 2.05) is 0 Å². The Labute approximate surface area is 111 Å². The summed E-state index contributed by atoms with van der Waals surface area (Å²) < 4.78 is 13.7. The molecular formula is C16H12FNO. The fourth-order valence-corrected chi connectivity index (χ4v) is 1.69. The van der Waals surface area contributed by atoms with E-state index in [2.05, 4.69) is 11.2 Å². The zero-order valence-electron chi connectivity index (χ0n) is 10.4. The van der Waals surface area contributed by atoms with Crippen LogP contribution in [-0.4, -0.2) is 5.91 Å². The van der Waals surface area contributed by atoms with E-state index in [1.54, 1.807) is 37.3 Å². The first-order chi connectivity index (χ1) is 9.10. The molecular weight excluding hydrogens is 241 g/mol. The summed E-state index contributed by atoms with van der Waals surface area (Å²) in [7, 11) is 0. The maximum Gasteiger partial charge on any atom is 0.258 e. The van der Waals surface area contributed by atoms with Crippen molar-refractivity contribution < 1.29 is 9.18 Å². The molecule has 0 radical (unpaired) electrons. The number of carbonyl (C=O) groups is 1. The average Bonchev–Trinajstić information content (AvgIpc) is 2.38. The number of anilines is 1. The molecule has 19 heavy (non-hydrogen) atoms. The van der Waals surface area contributed by atoms with Crippen molar-refractivity contribution in [2.45, 2.75) is 6.92 Å². The third kappa shape index (κ3) is 2.99. The Balaban J connectivity index is 2.23. The molecule has 2 rings (SSSR count). The van der Waals surface area contributed by atoms with Gasteiger partial charge in [-0.3, -0.25) is 4.79 Å². The van der Waals surface area contributed by atoms with Crippen LogP contribution in [0.3, 0.4) is 0 Å². The molecule has 1 N–H and O–H groups in total. The van der Waals surface area contributed by atoms with Gasteiger partial charge in [-0.2, -0.15) is 0 Å². The normalized spacial score (nSPS) is 9.74. The van der Waals surface area contributed by atoms with Crippen molar-refractivity contribution >= 4 is 11.6 Å². The van der Waals surface area contributed by atoms with Crippen LogP contribution in [0.15, 0.2) is 42.5 Å². The second-order valence-electron chi connectivity index (χ2n) is 4.16. The number of amides is 1. The number of hydrogen-bond donors (Lipinski definition) is 1. The van der Waals surface area contributed by atoms with Crippen LogP contribution in [0.2, 0.25) is 0 Å². The van der Waals surface area contributed by atoms with Gasteiger partial charge >= 0.3 is 0 Å². The first kappa shape index (κ1) is 12.8. The first-order valence-corrected chi connectivity index (χ1v) is 5.74. The average molecular weight is 253 g/mol. The van der Waals surface area contributed by atoms with Gasteiger partial charge in [0.15, 0.2) is 0 Å². The van der Waals surface area contributed by atoms with Gasteiger partial charge in [0.1, 0.15) is 5.82 Å². The van der Waals surface area contributed by atoms with Crippen LogP contribution in [0.5, 0.6) is 0 Å². The number of benzene rings is 2. The number of hydrogen-bond acceptors (Lipinski definition) is 1. The van der Waals surface area contributed by atoms with Crippen molar-refractivity contribution in [3.8, 4) is 12.3 Å². The van der Waals surface area contributed by atoms with Gasteiger partial charge in [0.05, 0.1) is 5.56 Å². The van der Waals surface area contributed by atoms with Crippen LogP contribution >= 0.6 is 0 Å². The van der Waals surface area contributed by atoms with Gasteiger partial charge < -0.3 is 5.32 Å². The van der Waals surface area contributed by atoms with Crippen LogP contribution in [0.4, 0.5) is 10.1 Å². The molecule has 0 aliphatic rings. The quantitative estimate of drug-likeness (QED) is 0.817. The lowest BCUT2D eigenvalue weighted by atomic mass is 10.1. The van der Waals surface area contributed by atoms with Crippen molar-refractivity contribution in [3.63, 3.8) is 0 Å². The number of nitrogens with one attached hydrogen (secondary N) is 1. The molecule has 0 aromatic heterocycles. The van der Waals surface area contributed by atoms with Gasteiger partial charge in [0.2, 0.25) is 0 Å². The minimum absolute atomic E-state index is 0.0108. The Hall–Kier alpha value is -2.60. The zero-order valence-corrected chi connectivity index (χ0v) is 10.4. The molecule has 0 saturated carbocycles. The molecule has 0 aliphatic carbocycles. The third-order valence-corrected chi connectivity index (χ3v) is 2.66. The van der Waals surface area contributed by atoms with E-state index < -0.39 is 11.7 Å². The topological polar surface area (TPSA) is 29.1 Å². The molecule has 2 nitrogen and oxygen atoms in total. The highest BCUT2D eigenvalue weighted by Gasteiger charge is 2.11. The summed E-state index contributed by atoms with van der Waals surface area (Å²) in [6.07, 6.45) is 5.28. The molecule has 0 atom stereocenters. The van der Waals surface area contributed by atoms with Crippen molar-refractivity contribution in [1.29, 1.82) is 0 Å². The molecule has 3 heteroatoms. The minimum atomic E-state index is -0.536. The smallest absolute Gasteiger partial charge is 0.258 e. The molecule has 1 amide bonds. The summed E-state index contributed by atoms with van der Waals surface area (Å²) in [6, 6.07) is 11.3. The fraction of sp³-hybridized carbons (Fsp3) is 0.0625. The van der Waals surface area contributed by atoms with Crippen LogP contribution in [0.1, 0.15) is 21.5 Å². The van der Waals surface area contributed by atoms with Gasteiger partial charge in [0, 0.05) is 11.3 Å². The second-order valence-corrected chi connectivity index (χ2v) is 4.16. The van der Waals surface area contributed by atoms with Crippen molar-refractivity contribution in [1.82, 2.24) is 0 Å². The fourth-order valence-electron chi connectivity index (χ4n) is 1.69. The highest BCUT2D eigenvalue weighted by atomic mass is 19.1. The number of halogens is 1. The second kappa shape index (κ2) is 5.36. The molecule has 2 aromatic carbocycles. The third-order valence-electron chi connectivity index (χ3n) is 2.66. The standard InChI is InChI=1S/C16H12FNO/c1-3-12-5-4-6-13(10-12)18-16(19)14-8-7-11(2)9-15(14)17/h1,4-10H,2H3,(H,18,19). The predicted octanol–water partition coefficient (Wildman–Crippen LogP) is 3.37. The molecule has 0 spiro atoms. The van der Waals surface area contributed by atoms with Crippen LogP contribution < -0.4 is 5.32 Å². The van der Waals surface area contributed by atoms with E-state index in [9.17, 15) is 9.18 Å². The van der Waals surface area contributed by atoms with Crippen molar-refractivity contribution in [2.24, 2.45) is 0 Å². The Kier molecular flexibility index (Phi) is 3.63. The summed E-state index contributed by atoms with van der Waals surface area (Å²) in [5, 5.41) is 2.62. The first-order valence-electron chi connectivity index (χ1n) is 5.74. The lowest BCUT2D eigenvalue weighted by molar-refractivity contribution is 0.102. The molecule has 0 heterocycles. The summed E-state index contributed by atoms with van der Waals surface area (Å²) >= 11 is 0. The minimum Gasteiger partial charge on any atom is -0.322 e. The monoisotopic (exact) mass is 253 g/mol. The summed E-state index contributed by atoms with van der Waals surface area (Å²) in [5.74, 6) is 1.44. The van der Waals surface area contributed by atoms with Gasteiger partial charge in [-0.25, -0.2) is 4.39 Å². The van der Waals surface area contributed by atoms with E-state index in [1.165, 1.54) is 12.1 Å². The van der Waals surface area contributed by atoms with Crippen molar-refractivity contribution in [3.05, 3.63) is 65.0 Å². The Morgan fingerprint density at radius 1 is 1.26 bits per heavy atom. The van der Waals surface area contributed by atoms with E-state index in [0.717, 1.165) is 5.56 Å². The highest BCUT2D eigenvalue weighted by Crippen LogP contribution is 2.14. The molecule has 0 fully saturated rings. The molecule has 2 aromatic rings. The van der Waals surface area contributed by atoms with Gasteiger partial charge in [-0.1, -0.05) is 18.1 Å². The Morgan fingerprint density at radius 3 is 2.74 bits per heavy atom. The van der Waals surface area contributed by atoms with Crippen LogP contribution in [0.25, 0.3) is 0 Å². The largest absolute Gasteiger partial charge is 0.322 e. The van der Waals surface area contributed by atoms with Crippen molar-refractivity contribution in [2.75, 3.05) is 5.32 Å². The molecule has 0 bridgehead atoms. The van der Waals surface area contributed by atoms with Crippen LogP contribution in [-0.2, 0) is 0 Å². The number of carbonyl (C=O) groups excluding carboxylic acids is 1. The van der Waals surface area contributed by atoms with Gasteiger partial charge in [0.25, 0.3) is 5.91 Å². The highest BCUT2D eigenvalue weighted by molar-refractivity contribution is 6.04. The maximum atomic E-state index is 13.7. The van der Waals surface area contributed by atoms with E-state index in [-0.39, 0.29) is 5.56 Å². The lowest BCUT2D eigenvalue weighted by Crippen LogP contribution is -2.13. The Morgan fingerprint density at radius 2 is 2.05 bits per heavy atom. The molecule has 94 valence electrons. The lowest BCUT2D eigenvalue weighted by Gasteiger charge is -2.07. The van der Waals surface area contributed by atoms with E-state index in [4.69, 9.17) is 6.42 Å². The zero-order chi connectivity index (χ0) is 13.8. The summed E-state index contributed by atoms with van der Waals surface area (Å²) in [5.41, 5.74) is 1.97. The Bertz CT molecular complexity index is 671.